The highest BCUT2D eigenvalue weighted by molar-refractivity contribution is 5.73. The zero-order valence-electron chi connectivity index (χ0n) is 13.1. The minimum atomic E-state index is -0.0252. The van der Waals surface area contributed by atoms with Crippen molar-refractivity contribution >= 4 is 6.03 Å². The fourth-order valence-electron chi connectivity index (χ4n) is 3.48. The fourth-order valence-corrected chi connectivity index (χ4v) is 3.48. The van der Waals surface area contributed by atoms with Gasteiger partial charge in [0.25, 0.3) is 0 Å². The van der Waals surface area contributed by atoms with Gasteiger partial charge in [-0.2, -0.15) is 0 Å². The van der Waals surface area contributed by atoms with Crippen molar-refractivity contribution in [1.82, 2.24) is 20.4 Å². The Morgan fingerprint density at radius 3 is 2.30 bits per heavy atom. The van der Waals surface area contributed by atoms with E-state index >= 15 is 0 Å². The molecule has 0 spiro atoms. The third-order valence-electron chi connectivity index (χ3n) is 4.86. The van der Waals surface area contributed by atoms with Crippen molar-refractivity contribution in [3.63, 3.8) is 0 Å². The van der Waals surface area contributed by atoms with Crippen LogP contribution in [-0.4, -0.2) is 67.7 Å². The second-order valence-corrected chi connectivity index (χ2v) is 6.29. The second kappa shape index (κ2) is 7.27. The van der Waals surface area contributed by atoms with Crippen LogP contribution >= 0.6 is 0 Å². The summed E-state index contributed by atoms with van der Waals surface area (Å²) in [7, 11) is 2.19. The molecule has 2 aliphatic rings. The van der Waals surface area contributed by atoms with Gasteiger partial charge >= 0.3 is 6.03 Å². The van der Waals surface area contributed by atoms with Gasteiger partial charge in [0.2, 0.25) is 0 Å². The number of hydrogen-bond acceptors (Lipinski definition) is 3. The Labute approximate surface area is 123 Å². The molecule has 20 heavy (non-hydrogen) atoms. The van der Waals surface area contributed by atoms with E-state index in [0.29, 0.717) is 6.54 Å². The van der Waals surface area contributed by atoms with Crippen molar-refractivity contribution in [3.8, 4) is 0 Å². The van der Waals surface area contributed by atoms with Gasteiger partial charge in [-0.15, -0.1) is 0 Å². The van der Waals surface area contributed by atoms with Crippen molar-refractivity contribution in [2.75, 3.05) is 46.3 Å². The van der Waals surface area contributed by atoms with Crippen molar-refractivity contribution in [3.05, 3.63) is 0 Å². The molecule has 2 saturated heterocycles. The monoisotopic (exact) mass is 282 g/mol. The number of amides is 2. The van der Waals surface area contributed by atoms with Gasteiger partial charge in [0.15, 0.2) is 0 Å². The first kappa shape index (κ1) is 15.6. The minimum absolute atomic E-state index is 0.0252. The lowest BCUT2D eigenvalue weighted by molar-refractivity contribution is 0.0162. The van der Waals surface area contributed by atoms with Crippen LogP contribution in [0.3, 0.4) is 0 Å². The maximum Gasteiger partial charge on any atom is 0.314 e. The van der Waals surface area contributed by atoms with Gasteiger partial charge in [-0.1, -0.05) is 6.42 Å². The molecule has 0 aliphatic carbocycles. The van der Waals surface area contributed by atoms with Crippen LogP contribution in [0.15, 0.2) is 0 Å². The molecule has 2 fully saturated rings. The van der Waals surface area contributed by atoms with Crippen LogP contribution < -0.4 is 10.6 Å². The zero-order valence-corrected chi connectivity index (χ0v) is 13.1. The van der Waals surface area contributed by atoms with E-state index in [1.807, 2.05) is 6.92 Å². The SMILES string of the molecule is CCNC(=O)NCC1(N2CCCCC2)CCN(C)CC1. The smallest absolute Gasteiger partial charge is 0.314 e. The first-order chi connectivity index (χ1) is 9.66. The summed E-state index contributed by atoms with van der Waals surface area (Å²) in [5.41, 5.74) is 0.179. The quantitative estimate of drug-likeness (QED) is 0.816. The van der Waals surface area contributed by atoms with E-state index in [1.54, 1.807) is 0 Å². The molecule has 116 valence electrons. The Hall–Kier alpha value is -0.810. The largest absolute Gasteiger partial charge is 0.338 e. The van der Waals surface area contributed by atoms with E-state index in [4.69, 9.17) is 0 Å². The molecule has 0 saturated carbocycles. The Kier molecular flexibility index (Phi) is 5.66. The molecule has 5 heteroatoms. The molecule has 0 radical (unpaired) electrons. The average Bonchev–Trinajstić information content (AvgIpc) is 2.48. The minimum Gasteiger partial charge on any atom is -0.338 e. The lowest BCUT2D eigenvalue weighted by Crippen LogP contribution is -2.61. The first-order valence-electron chi connectivity index (χ1n) is 8.11. The van der Waals surface area contributed by atoms with Crippen LogP contribution in [0.2, 0.25) is 0 Å². The van der Waals surface area contributed by atoms with Crippen LogP contribution in [0.1, 0.15) is 39.0 Å². The Bertz CT molecular complexity index is 307. The van der Waals surface area contributed by atoms with Crippen molar-refractivity contribution in [2.24, 2.45) is 0 Å². The van der Waals surface area contributed by atoms with Crippen LogP contribution in [0.4, 0.5) is 4.79 Å². The number of nitrogens with one attached hydrogen (secondary N) is 2. The maximum absolute atomic E-state index is 11.7. The second-order valence-electron chi connectivity index (χ2n) is 6.29. The average molecular weight is 282 g/mol. The Morgan fingerprint density at radius 1 is 1.05 bits per heavy atom. The molecule has 2 rings (SSSR count). The number of carbonyl (C=O) groups excluding carboxylic acids is 1. The lowest BCUT2D eigenvalue weighted by Gasteiger charge is -2.50. The molecule has 0 unspecified atom stereocenters. The predicted molar refractivity (Wildman–Crippen MR) is 82.0 cm³/mol. The molecular formula is C15H30N4O. The van der Waals surface area contributed by atoms with Crippen molar-refractivity contribution < 1.29 is 4.79 Å². The van der Waals surface area contributed by atoms with E-state index in [2.05, 4.69) is 27.5 Å². The van der Waals surface area contributed by atoms with Gasteiger partial charge in [0, 0.05) is 18.6 Å². The summed E-state index contributed by atoms with van der Waals surface area (Å²) in [6.45, 7) is 8.08. The third kappa shape index (κ3) is 3.85. The molecule has 0 aromatic carbocycles. The van der Waals surface area contributed by atoms with E-state index in [1.165, 1.54) is 32.4 Å². The van der Waals surface area contributed by atoms with Crippen molar-refractivity contribution in [2.45, 2.75) is 44.6 Å². The van der Waals surface area contributed by atoms with E-state index in [0.717, 1.165) is 32.5 Å². The van der Waals surface area contributed by atoms with Gasteiger partial charge in [-0.3, -0.25) is 4.90 Å². The molecule has 2 heterocycles. The number of nitrogens with zero attached hydrogens (tertiary/aromatic N) is 2. The molecule has 0 atom stereocenters. The summed E-state index contributed by atoms with van der Waals surface area (Å²) >= 11 is 0. The maximum atomic E-state index is 11.7. The number of likely N-dealkylation sites (tertiary alicyclic amines) is 2. The molecule has 2 aliphatic heterocycles. The van der Waals surface area contributed by atoms with Gasteiger partial charge in [0.05, 0.1) is 0 Å². The molecular weight excluding hydrogens is 252 g/mol. The van der Waals surface area contributed by atoms with Gasteiger partial charge in [-0.25, -0.2) is 4.79 Å². The summed E-state index contributed by atoms with van der Waals surface area (Å²) in [4.78, 5) is 16.8. The molecule has 2 amide bonds. The molecule has 0 bridgehead atoms. The number of urea groups is 1. The normalized spacial score (nSPS) is 24.3. The number of carbonyl (C=O) groups is 1. The Balaban J connectivity index is 1.97. The first-order valence-corrected chi connectivity index (χ1v) is 8.11. The van der Waals surface area contributed by atoms with Crippen LogP contribution in [0.5, 0.6) is 0 Å². The standard InChI is InChI=1S/C15H30N4O/c1-3-16-14(20)17-13-15(7-11-18(2)12-8-15)19-9-5-4-6-10-19/h3-13H2,1-2H3,(H2,16,17,20). The van der Waals surface area contributed by atoms with Crippen LogP contribution in [0.25, 0.3) is 0 Å². The van der Waals surface area contributed by atoms with E-state index in [9.17, 15) is 4.79 Å². The number of piperidine rings is 2. The van der Waals surface area contributed by atoms with E-state index < -0.39 is 0 Å². The van der Waals surface area contributed by atoms with Crippen molar-refractivity contribution in [1.29, 1.82) is 0 Å². The summed E-state index contributed by atoms with van der Waals surface area (Å²) in [5, 5.41) is 5.93. The predicted octanol–water partition coefficient (Wildman–Crippen LogP) is 1.26. The molecule has 0 aromatic rings. The third-order valence-corrected chi connectivity index (χ3v) is 4.86. The number of rotatable bonds is 4. The molecule has 0 aromatic heterocycles. The summed E-state index contributed by atoms with van der Waals surface area (Å²) in [5.74, 6) is 0. The van der Waals surface area contributed by atoms with Gasteiger partial charge < -0.3 is 15.5 Å². The highest BCUT2D eigenvalue weighted by Crippen LogP contribution is 2.30. The zero-order chi connectivity index (χ0) is 14.4. The van der Waals surface area contributed by atoms with E-state index in [-0.39, 0.29) is 11.6 Å². The topological polar surface area (TPSA) is 47.6 Å². The Morgan fingerprint density at radius 2 is 1.70 bits per heavy atom. The highest BCUT2D eigenvalue weighted by Gasteiger charge is 2.39. The molecule has 2 N–H and O–H groups in total. The summed E-state index contributed by atoms with van der Waals surface area (Å²) < 4.78 is 0. The van der Waals surface area contributed by atoms with Gasteiger partial charge in [-0.05, 0) is 65.8 Å². The van der Waals surface area contributed by atoms with Crippen LogP contribution in [0, 0.1) is 0 Å². The number of hydrogen-bond donors (Lipinski definition) is 2. The molecule has 5 nitrogen and oxygen atoms in total. The highest BCUT2D eigenvalue weighted by atomic mass is 16.2. The van der Waals surface area contributed by atoms with Gasteiger partial charge in [0.1, 0.15) is 0 Å². The fraction of sp³-hybridized carbons (Fsp3) is 0.933. The summed E-state index contributed by atoms with van der Waals surface area (Å²) in [6, 6.07) is -0.0252. The lowest BCUT2D eigenvalue weighted by atomic mass is 9.84. The summed E-state index contributed by atoms with van der Waals surface area (Å²) in [6.07, 6.45) is 6.29. The van der Waals surface area contributed by atoms with Crippen LogP contribution in [-0.2, 0) is 0 Å².